The number of aliphatic hydroxyl groups excluding tert-OH is 1. The van der Waals surface area contributed by atoms with Crippen LogP contribution in [0, 0.1) is 5.82 Å². The second kappa shape index (κ2) is 6.98. The maximum atomic E-state index is 13.3. The van der Waals surface area contributed by atoms with E-state index in [1.54, 1.807) is 19.1 Å². The van der Waals surface area contributed by atoms with Crippen LogP contribution in [0.4, 0.5) is 4.39 Å². The van der Waals surface area contributed by atoms with Gasteiger partial charge in [-0.05, 0) is 13.0 Å². The zero-order chi connectivity index (χ0) is 12.7. The molecule has 0 aliphatic rings. The molecule has 0 heterocycles. The summed E-state index contributed by atoms with van der Waals surface area (Å²) in [5.74, 6) is -0.818. The van der Waals surface area contributed by atoms with Crippen LogP contribution < -0.4 is 5.32 Å². The predicted octanol–water partition coefficient (Wildman–Crippen LogP) is 1.01. The van der Waals surface area contributed by atoms with E-state index in [1.807, 2.05) is 0 Å². The lowest BCUT2D eigenvalue weighted by Crippen LogP contribution is -2.31. The van der Waals surface area contributed by atoms with Crippen LogP contribution in [0.3, 0.4) is 0 Å². The van der Waals surface area contributed by atoms with Crippen molar-refractivity contribution in [3.63, 3.8) is 0 Å². The minimum Gasteiger partial charge on any atom is -0.386 e. The first-order valence-electron chi connectivity index (χ1n) is 5.42. The fraction of sp³-hybridized carbons (Fsp3) is 0.417. The van der Waals surface area contributed by atoms with E-state index in [-0.39, 0.29) is 24.6 Å². The number of carbonyl (C=O) groups is 1. The third kappa shape index (κ3) is 4.50. The van der Waals surface area contributed by atoms with Crippen LogP contribution in [0.25, 0.3) is 0 Å². The second-order valence-corrected chi connectivity index (χ2v) is 3.48. The van der Waals surface area contributed by atoms with Crippen molar-refractivity contribution in [3.8, 4) is 0 Å². The second-order valence-electron chi connectivity index (χ2n) is 3.48. The van der Waals surface area contributed by atoms with E-state index in [9.17, 15) is 14.3 Å². The lowest BCUT2D eigenvalue weighted by molar-refractivity contribution is -0.126. The third-order valence-corrected chi connectivity index (χ3v) is 2.19. The highest BCUT2D eigenvalue weighted by molar-refractivity contribution is 5.77. The Balaban J connectivity index is 2.42. The van der Waals surface area contributed by atoms with Crippen molar-refractivity contribution < 1.29 is 19.0 Å². The Kier molecular flexibility index (Phi) is 5.59. The van der Waals surface area contributed by atoms with Gasteiger partial charge >= 0.3 is 0 Å². The zero-order valence-electron chi connectivity index (χ0n) is 9.65. The molecule has 0 unspecified atom stereocenters. The molecule has 17 heavy (non-hydrogen) atoms. The van der Waals surface area contributed by atoms with Gasteiger partial charge in [0.1, 0.15) is 12.4 Å². The van der Waals surface area contributed by atoms with Gasteiger partial charge in [-0.2, -0.15) is 0 Å². The lowest BCUT2D eigenvalue weighted by Gasteiger charge is -2.12. The molecule has 0 spiro atoms. The van der Waals surface area contributed by atoms with E-state index < -0.39 is 11.9 Å². The van der Waals surface area contributed by atoms with Gasteiger partial charge in [-0.3, -0.25) is 4.79 Å². The number of amides is 1. The van der Waals surface area contributed by atoms with E-state index >= 15 is 0 Å². The van der Waals surface area contributed by atoms with Crippen molar-refractivity contribution in [2.45, 2.75) is 13.0 Å². The Morgan fingerprint density at radius 3 is 2.88 bits per heavy atom. The topological polar surface area (TPSA) is 58.6 Å². The van der Waals surface area contributed by atoms with E-state index in [0.717, 1.165) is 0 Å². The van der Waals surface area contributed by atoms with Crippen LogP contribution in [-0.4, -0.2) is 30.8 Å². The van der Waals surface area contributed by atoms with Crippen molar-refractivity contribution in [3.05, 3.63) is 35.6 Å². The molecule has 0 saturated heterocycles. The maximum absolute atomic E-state index is 13.3. The van der Waals surface area contributed by atoms with Crippen molar-refractivity contribution >= 4 is 5.91 Å². The van der Waals surface area contributed by atoms with E-state index in [1.165, 1.54) is 12.1 Å². The highest BCUT2D eigenvalue weighted by atomic mass is 19.1. The third-order valence-electron chi connectivity index (χ3n) is 2.19. The Bertz CT molecular complexity index is 371. The van der Waals surface area contributed by atoms with Gasteiger partial charge in [-0.25, -0.2) is 4.39 Å². The smallest absolute Gasteiger partial charge is 0.246 e. The maximum Gasteiger partial charge on any atom is 0.246 e. The van der Waals surface area contributed by atoms with E-state index in [2.05, 4.69) is 5.32 Å². The molecule has 4 nitrogen and oxygen atoms in total. The molecule has 0 fully saturated rings. The minimum absolute atomic E-state index is 0.0349. The normalized spacial score (nSPS) is 12.2. The van der Waals surface area contributed by atoms with Gasteiger partial charge in [0.05, 0.1) is 6.10 Å². The first-order valence-corrected chi connectivity index (χ1v) is 5.42. The number of ether oxygens (including phenoxy) is 1. The number of hydrogen-bond acceptors (Lipinski definition) is 3. The molecule has 5 heteroatoms. The molecule has 1 aromatic rings. The molecule has 0 aromatic heterocycles. The van der Waals surface area contributed by atoms with Crippen molar-refractivity contribution in [1.29, 1.82) is 0 Å². The molecule has 94 valence electrons. The molecule has 0 aliphatic carbocycles. The predicted molar refractivity (Wildman–Crippen MR) is 60.9 cm³/mol. The van der Waals surface area contributed by atoms with Crippen LogP contribution in [0.1, 0.15) is 18.6 Å². The largest absolute Gasteiger partial charge is 0.386 e. The van der Waals surface area contributed by atoms with Crippen LogP contribution in [0.15, 0.2) is 24.3 Å². The lowest BCUT2D eigenvalue weighted by atomic mass is 10.1. The summed E-state index contributed by atoms with van der Waals surface area (Å²) >= 11 is 0. The highest BCUT2D eigenvalue weighted by Gasteiger charge is 2.12. The summed E-state index contributed by atoms with van der Waals surface area (Å²) < 4.78 is 18.2. The Labute approximate surface area is 99.4 Å². The van der Waals surface area contributed by atoms with Gasteiger partial charge in [0.2, 0.25) is 5.91 Å². The first-order chi connectivity index (χ1) is 8.15. The van der Waals surface area contributed by atoms with Gasteiger partial charge in [0, 0.05) is 18.7 Å². The minimum atomic E-state index is -1.05. The Morgan fingerprint density at radius 1 is 1.53 bits per heavy atom. The summed E-state index contributed by atoms with van der Waals surface area (Å²) in [7, 11) is 0. The van der Waals surface area contributed by atoms with E-state index in [0.29, 0.717) is 6.61 Å². The van der Waals surface area contributed by atoms with Gasteiger partial charge < -0.3 is 15.2 Å². The summed E-state index contributed by atoms with van der Waals surface area (Å²) in [6.07, 6.45) is -1.05. The van der Waals surface area contributed by atoms with Crippen molar-refractivity contribution in [2.24, 2.45) is 0 Å². The number of rotatable bonds is 6. The van der Waals surface area contributed by atoms with Gasteiger partial charge in [-0.15, -0.1) is 0 Å². The van der Waals surface area contributed by atoms with Crippen LogP contribution in [0.2, 0.25) is 0 Å². The van der Waals surface area contributed by atoms with E-state index in [4.69, 9.17) is 4.74 Å². The molecule has 1 aromatic carbocycles. The quantitative estimate of drug-likeness (QED) is 0.781. The molecule has 0 radical (unpaired) electrons. The average molecular weight is 241 g/mol. The standard InChI is InChI=1S/C12H16FNO3/c1-2-17-8-12(16)14-7-11(15)9-5-3-4-6-10(9)13/h3-6,11,15H,2,7-8H2,1H3,(H,14,16)/t11-/m1/s1. The van der Waals surface area contributed by atoms with Crippen molar-refractivity contribution in [2.75, 3.05) is 19.8 Å². The molecule has 0 aliphatic heterocycles. The molecular weight excluding hydrogens is 225 g/mol. The molecule has 1 atom stereocenters. The number of nitrogens with one attached hydrogen (secondary N) is 1. The highest BCUT2D eigenvalue weighted by Crippen LogP contribution is 2.15. The molecule has 0 saturated carbocycles. The monoisotopic (exact) mass is 241 g/mol. The Morgan fingerprint density at radius 2 is 2.24 bits per heavy atom. The average Bonchev–Trinajstić information content (AvgIpc) is 2.34. The molecule has 0 bridgehead atoms. The SMILES string of the molecule is CCOCC(=O)NC[C@@H](O)c1ccccc1F. The molecular formula is C12H16FNO3. The number of halogens is 1. The van der Waals surface area contributed by atoms with Crippen LogP contribution in [-0.2, 0) is 9.53 Å². The van der Waals surface area contributed by atoms with Crippen molar-refractivity contribution in [1.82, 2.24) is 5.32 Å². The molecule has 2 N–H and O–H groups in total. The summed E-state index contributed by atoms with van der Waals surface area (Å²) in [5.41, 5.74) is 0.171. The molecule has 1 rings (SSSR count). The Hall–Kier alpha value is -1.46. The molecule has 1 amide bonds. The fourth-order valence-electron chi connectivity index (χ4n) is 1.31. The summed E-state index contributed by atoms with van der Waals surface area (Å²) in [6, 6.07) is 5.91. The summed E-state index contributed by atoms with van der Waals surface area (Å²) in [5, 5.41) is 12.1. The van der Waals surface area contributed by atoms with Gasteiger partial charge in [0.15, 0.2) is 0 Å². The summed E-state index contributed by atoms with van der Waals surface area (Å²) in [6.45, 7) is 2.14. The number of benzene rings is 1. The number of aliphatic hydroxyl groups is 1. The fourth-order valence-corrected chi connectivity index (χ4v) is 1.31. The zero-order valence-corrected chi connectivity index (χ0v) is 9.65. The summed E-state index contributed by atoms with van der Waals surface area (Å²) in [4.78, 5) is 11.2. The first kappa shape index (κ1) is 13.6. The van der Waals surface area contributed by atoms with Crippen LogP contribution in [0.5, 0.6) is 0 Å². The van der Waals surface area contributed by atoms with Crippen LogP contribution >= 0.6 is 0 Å². The van der Waals surface area contributed by atoms with Gasteiger partial charge in [-0.1, -0.05) is 18.2 Å². The number of hydrogen-bond donors (Lipinski definition) is 2. The number of carbonyl (C=O) groups excluding carboxylic acids is 1. The van der Waals surface area contributed by atoms with Gasteiger partial charge in [0.25, 0.3) is 0 Å².